The van der Waals surface area contributed by atoms with Crippen LogP contribution in [-0.2, 0) is 9.30 Å². The van der Waals surface area contributed by atoms with Gasteiger partial charge in [0.1, 0.15) is 11.5 Å². The van der Waals surface area contributed by atoms with Crippen molar-refractivity contribution in [2.75, 3.05) is 26.4 Å². The molecule has 3 N–H and O–H groups in total. The Labute approximate surface area is 140 Å². The van der Waals surface area contributed by atoms with Crippen LogP contribution in [0, 0.1) is 0 Å². The van der Waals surface area contributed by atoms with Gasteiger partial charge in [0, 0.05) is 0 Å². The molecule has 0 aromatic heterocycles. The zero-order valence-corrected chi connectivity index (χ0v) is 13.9. The van der Waals surface area contributed by atoms with E-state index in [0.717, 1.165) is 0 Å². The molecule has 2 aromatic rings. The predicted molar refractivity (Wildman–Crippen MR) is 89.0 cm³/mol. The number of phosphoric acid groups is 1. The van der Waals surface area contributed by atoms with Gasteiger partial charge in [-0.05, 0) is 24.3 Å². The number of aliphatic hydroxyl groups is 2. The first-order valence-electron chi connectivity index (χ1n) is 7.19. The maximum absolute atomic E-state index is 11.7. The maximum atomic E-state index is 11.7. The Kier molecular flexibility index (Phi) is 9.76. The van der Waals surface area contributed by atoms with Crippen molar-refractivity contribution in [1.82, 2.24) is 0 Å². The van der Waals surface area contributed by atoms with E-state index in [1.807, 2.05) is 0 Å². The quantitative estimate of drug-likeness (QED) is 0.492. The molecule has 0 saturated heterocycles. The van der Waals surface area contributed by atoms with Gasteiger partial charge in [-0.1, -0.05) is 36.4 Å². The number of rotatable bonds is 8. The summed E-state index contributed by atoms with van der Waals surface area (Å²) >= 11 is 0. The van der Waals surface area contributed by atoms with Crippen LogP contribution >= 0.6 is 7.82 Å². The maximum Gasteiger partial charge on any atom is 0.584 e. The van der Waals surface area contributed by atoms with Crippen molar-refractivity contribution in [2.45, 2.75) is 0 Å². The molecule has 0 heterocycles. The van der Waals surface area contributed by atoms with Gasteiger partial charge in [-0.15, -0.1) is 0 Å². The lowest BCUT2D eigenvalue weighted by Gasteiger charge is -2.13. The van der Waals surface area contributed by atoms with Gasteiger partial charge in [0.2, 0.25) is 0 Å². The zero-order valence-electron chi connectivity index (χ0n) is 13.0. The lowest BCUT2D eigenvalue weighted by atomic mass is 10.3. The molecule has 8 heteroatoms. The molecule has 2 aromatic carbocycles. The van der Waals surface area contributed by atoms with E-state index >= 15 is 0 Å². The number of hydrogen-bond acceptors (Lipinski definition) is 6. The van der Waals surface area contributed by atoms with Crippen molar-refractivity contribution in [3.63, 3.8) is 0 Å². The largest absolute Gasteiger partial charge is 0.584 e. The van der Waals surface area contributed by atoms with Crippen molar-refractivity contribution in [3.05, 3.63) is 60.7 Å². The van der Waals surface area contributed by atoms with Crippen LogP contribution in [0.1, 0.15) is 0 Å². The monoisotopic (exact) mass is 356 g/mol. The topological polar surface area (TPSA) is 105 Å². The minimum Gasteiger partial charge on any atom is -0.395 e. The third kappa shape index (κ3) is 9.29. The summed E-state index contributed by atoms with van der Waals surface area (Å²) in [6.45, 7) is 0.696. The van der Waals surface area contributed by atoms with Gasteiger partial charge in [-0.3, -0.25) is 4.89 Å². The standard InChI is InChI=1S/C12H11O4P.C4H10O3/c13-17(14,15-11-7-3-1-4-8-11)16-12-9-5-2-6-10-12;5-1-3-7-4-2-6/h1-10H,(H,13,14);5-6H,1-4H2. The van der Waals surface area contributed by atoms with Crippen molar-refractivity contribution in [2.24, 2.45) is 0 Å². The molecule has 132 valence electrons. The number of benzene rings is 2. The molecular formula is C16H21O7P. The van der Waals surface area contributed by atoms with Crippen LogP contribution in [0.2, 0.25) is 0 Å². The first-order chi connectivity index (χ1) is 11.6. The summed E-state index contributed by atoms with van der Waals surface area (Å²) < 4.78 is 26.1. The lowest BCUT2D eigenvalue weighted by Crippen LogP contribution is -2.03. The van der Waals surface area contributed by atoms with E-state index in [9.17, 15) is 9.46 Å². The SMILES string of the molecule is O=P(O)(Oc1ccccc1)Oc1ccccc1.OCCOCCO. The molecule has 2 rings (SSSR count). The van der Waals surface area contributed by atoms with Gasteiger partial charge in [-0.2, -0.15) is 0 Å². The number of aliphatic hydroxyl groups excluding tert-OH is 2. The Bertz CT molecular complexity index is 542. The Hall–Kier alpha value is -1.89. The van der Waals surface area contributed by atoms with E-state index in [2.05, 4.69) is 4.74 Å². The van der Waals surface area contributed by atoms with Gasteiger partial charge >= 0.3 is 7.82 Å². The average Bonchev–Trinajstić information content (AvgIpc) is 2.57. The minimum absolute atomic E-state index is 0.0278. The average molecular weight is 356 g/mol. The first kappa shape index (κ1) is 20.2. The molecule has 0 saturated carbocycles. The van der Waals surface area contributed by atoms with Crippen LogP contribution in [0.3, 0.4) is 0 Å². The van der Waals surface area contributed by atoms with E-state index in [4.69, 9.17) is 19.3 Å². The highest BCUT2D eigenvalue weighted by atomic mass is 31.2. The minimum atomic E-state index is -4.14. The van der Waals surface area contributed by atoms with Gasteiger partial charge in [0.15, 0.2) is 0 Å². The summed E-state index contributed by atoms with van der Waals surface area (Å²) in [5.74, 6) is 0.573. The molecule has 0 bridgehead atoms. The van der Waals surface area contributed by atoms with E-state index in [1.54, 1.807) is 60.7 Å². The molecule has 0 aliphatic rings. The molecule has 0 fully saturated rings. The van der Waals surface area contributed by atoms with Gasteiger partial charge in [0.05, 0.1) is 26.4 Å². The molecule has 0 unspecified atom stereocenters. The fourth-order valence-corrected chi connectivity index (χ4v) is 2.29. The highest BCUT2D eigenvalue weighted by Gasteiger charge is 2.24. The fraction of sp³-hybridized carbons (Fsp3) is 0.250. The molecule has 0 radical (unpaired) electrons. The van der Waals surface area contributed by atoms with Crippen LogP contribution < -0.4 is 9.05 Å². The van der Waals surface area contributed by atoms with E-state index < -0.39 is 7.82 Å². The third-order valence-corrected chi connectivity index (χ3v) is 3.28. The summed E-state index contributed by atoms with van der Waals surface area (Å²) in [5, 5.41) is 16.2. The molecular weight excluding hydrogens is 335 g/mol. The zero-order chi connectivity index (χ0) is 17.7. The molecule has 7 nitrogen and oxygen atoms in total. The van der Waals surface area contributed by atoms with Crippen LogP contribution in [0.25, 0.3) is 0 Å². The highest BCUT2D eigenvalue weighted by Crippen LogP contribution is 2.43. The molecule has 0 aliphatic heterocycles. The van der Waals surface area contributed by atoms with Crippen LogP contribution in [-0.4, -0.2) is 41.5 Å². The molecule has 0 spiro atoms. The van der Waals surface area contributed by atoms with Gasteiger partial charge < -0.3 is 24.0 Å². The highest BCUT2D eigenvalue weighted by molar-refractivity contribution is 7.48. The van der Waals surface area contributed by atoms with Gasteiger partial charge in [0.25, 0.3) is 0 Å². The first-order valence-corrected chi connectivity index (χ1v) is 8.68. The third-order valence-electron chi connectivity index (χ3n) is 2.40. The second-order valence-electron chi connectivity index (χ2n) is 4.34. The van der Waals surface area contributed by atoms with Gasteiger partial charge in [-0.25, -0.2) is 4.57 Å². The van der Waals surface area contributed by atoms with Crippen molar-refractivity contribution >= 4 is 7.82 Å². The Morgan fingerprint density at radius 1 is 0.750 bits per heavy atom. The molecule has 0 aliphatic carbocycles. The summed E-state index contributed by atoms with van der Waals surface area (Å²) in [6, 6.07) is 16.7. The Morgan fingerprint density at radius 2 is 1.12 bits per heavy atom. The normalized spacial score (nSPS) is 10.5. The summed E-state index contributed by atoms with van der Waals surface area (Å²) in [6.07, 6.45) is 0. The smallest absolute Gasteiger partial charge is 0.395 e. The van der Waals surface area contributed by atoms with Crippen LogP contribution in [0.15, 0.2) is 60.7 Å². The van der Waals surface area contributed by atoms with Crippen LogP contribution in [0.5, 0.6) is 11.5 Å². The molecule has 24 heavy (non-hydrogen) atoms. The van der Waals surface area contributed by atoms with E-state index in [-0.39, 0.29) is 24.7 Å². The fourth-order valence-electron chi connectivity index (χ4n) is 1.48. The summed E-state index contributed by atoms with van der Waals surface area (Å²) in [4.78, 5) is 9.53. The second kappa shape index (κ2) is 11.6. The number of ether oxygens (including phenoxy) is 1. The lowest BCUT2D eigenvalue weighted by molar-refractivity contribution is 0.0650. The van der Waals surface area contributed by atoms with Crippen molar-refractivity contribution < 1.29 is 33.5 Å². The summed E-state index contributed by atoms with van der Waals surface area (Å²) in [5.41, 5.74) is 0. The second-order valence-corrected chi connectivity index (χ2v) is 5.64. The van der Waals surface area contributed by atoms with E-state index in [1.165, 1.54) is 0 Å². The predicted octanol–water partition coefficient (Wildman–Crippen LogP) is 2.23. The summed E-state index contributed by atoms with van der Waals surface area (Å²) in [7, 11) is -4.14. The molecule has 0 atom stereocenters. The van der Waals surface area contributed by atoms with Crippen molar-refractivity contribution in [3.8, 4) is 11.5 Å². The Morgan fingerprint density at radius 3 is 1.46 bits per heavy atom. The van der Waals surface area contributed by atoms with E-state index in [0.29, 0.717) is 13.2 Å². The Balaban J connectivity index is 0.000000351. The van der Waals surface area contributed by atoms with Crippen LogP contribution in [0.4, 0.5) is 0 Å². The molecule has 0 amide bonds. The number of phosphoric ester groups is 1. The number of hydrogen-bond donors (Lipinski definition) is 3. The number of para-hydroxylation sites is 2. The van der Waals surface area contributed by atoms with Crippen molar-refractivity contribution in [1.29, 1.82) is 0 Å².